The van der Waals surface area contributed by atoms with Gasteiger partial charge >= 0.3 is 29.8 Å². The number of carboxylic acid groups (broad SMARTS) is 5. The van der Waals surface area contributed by atoms with Crippen molar-refractivity contribution in [3.8, 4) is 0 Å². The number of guanidine groups is 1. The number of rotatable bonds is 52. The van der Waals surface area contributed by atoms with Crippen LogP contribution in [0.15, 0.2) is 4.99 Å². The number of nitrogens with one attached hydrogen (secondary N) is 11. The van der Waals surface area contributed by atoms with Crippen molar-refractivity contribution in [1.82, 2.24) is 58.5 Å². The molecule has 0 aliphatic rings. The maximum atomic E-state index is 14.5. The number of nitrogens with zero attached hydrogens (tertiary/aromatic N) is 1. The van der Waals surface area contributed by atoms with Gasteiger partial charge in [-0.3, -0.25) is 86.5 Å². The molecule has 576 valence electrons. The molecule has 0 heterocycles. The summed E-state index contributed by atoms with van der Waals surface area (Å²) >= 11 is 0. The summed E-state index contributed by atoms with van der Waals surface area (Å²) in [5.74, 6) is -25.6. The fraction of sp³-hybridized carbons (Fsp3) is 0.689. The molecule has 0 bridgehead atoms. The number of aliphatic carboxylic acids is 5. The summed E-state index contributed by atoms with van der Waals surface area (Å²) < 4.78 is 0. The largest absolute Gasteiger partial charge is 0.481 e. The van der Waals surface area contributed by atoms with E-state index in [4.69, 9.17) is 34.4 Å². The molecule has 13 atom stereocenters. The minimum atomic E-state index is -2.12. The summed E-state index contributed by atoms with van der Waals surface area (Å²) in [6.45, 7) is 12.6. The van der Waals surface area contributed by atoms with Gasteiger partial charge in [0.2, 0.25) is 76.8 Å². The number of aliphatic imine (C=N–C) groups is 1. The summed E-state index contributed by atoms with van der Waals surface area (Å²) in [6, 6.07) is -20.4. The van der Waals surface area contributed by atoms with Gasteiger partial charge in [0.1, 0.15) is 66.5 Å². The molecule has 0 rings (SSSR count). The lowest BCUT2D eigenvalue weighted by molar-refractivity contribution is -0.143. The predicted molar refractivity (Wildman–Crippen MR) is 359 cm³/mol. The molecule has 0 radical (unpaired) electrons. The molecule has 102 heavy (non-hydrogen) atoms. The number of hydrogen-bond donors (Lipinski definition) is 22. The third-order valence-corrected chi connectivity index (χ3v) is 15.4. The van der Waals surface area contributed by atoms with Gasteiger partial charge < -0.3 is 118 Å². The summed E-state index contributed by atoms with van der Waals surface area (Å²) in [5.41, 5.74) is 32.7. The molecular formula is C61H104N18O23. The molecule has 13 amide bonds. The van der Waals surface area contributed by atoms with Crippen molar-refractivity contribution in [1.29, 1.82) is 0 Å². The Labute approximate surface area is 587 Å². The van der Waals surface area contributed by atoms with E-state index < -0.39 is 242 Å². The number of amides is 13. The molecule has 28 N–H and O–H groups in total. The smallest absolute Gasteiger partial charge is 0.326 e. The summed E-state index contributed by atoms with van der Waals surface area (Å²) in [4.78, 5) is 240. The highest BCUT2D eigenvalue weighted by Gasteiger charge is 2.40. The van der Waals surface area contributed by atoms with Crippen molar-refractivity contribution in [2.75, 3.05) is 13.1 Å². The Morgan fingerprint density at radius 3 is 1.11 bits per heavy atom. The average Bonchev–Trinajstić information content (AvgIpc) is 0.851. The van der Waals surface area contributed by atoms with Crippen LogP contribution in [0, 0.1) is 23.7 Å². The maximum absolute atomic E-state index is 14.5. The van der Waals surface area contributed by atoms with Crippen LogP contribution in [0.1, 0.15) is 158 Å². The van der Waals surface area contributed by atoms with Crippen LogP contribution < -0.4 is 92.9 Å². The number of primary amides is 2. The lowest BCUT2D eigenvalue weighted by atomic mass is 9.95. The standard InChI is InChI=1S/C61H104N18O23/c1-9-30(8)48(79-52(93)32(14-12-22-68-61(66)67)70-50(91)34(17-20-43(84)85)71-54(95)38(25-44(86)87)74-51(92)33(16-19-42(82)83)69-49(90)31(63)15-18-40(64)80)59(100)78-47(29(6)7)58(99)75-36(23-27(2)3)56(97)77-46(28(4)5)57(98)76-39(26-45(88)89)55(96)73-37(24-41(65)81)53(94)72-35(60(101)102)13-10-11-21-62/h27-39,46-48H,9-26,62-63H2,1-8H3,(H2,64,80)(H2,65,81)(H,69,90)(H,70,91)(H,71,95)(H,72,94)(H,73,96)(H,74,92)(H,75,99)(H,76,98)(H,77,97)(H,78,100)(H,79,93)(H,82,83)(H,84,85)(H,86,87)(H,88,89)(H,101,102)(H4,66,67,68)/t30-,31-,32-,33-,34-,35-,36-,37-,38-,39-,46-,47-,48-/m0/s1. The van der Waals surface area contributed by atoms with Crippen molar-refractivity contribution in [3.63, 3.8) is 0 Å². The van der Waals surface area contributed by atoms with E-state index in [1.54, 1.807) is 27.7 Å². The zero-order valence-corrected chi connectivity index (χ0v) is 58.5. The minimum Gasteiger partial charge on any atom is -0.481 e. The van der Waals surface area contributed by atoms with E-state index in [0.717, 1.165) is 0 Å². The summed E-state index contributed by atoms with van der Waals surface area (Å²) in [7, 11) is 0. The number of nitrogens with two attached hydrogens (primary N) is 6. The zero-order valence-electron chi connectivity index (χ0n) is 58.5. The van der Waals surface area contributed by atoms with E-state index in [1.807, 2.05) is 0 Å². The van der Waals surface area contributed by atoms with Gasteiger partial charge in [0.05, 0.1) is 25.3 Å². The van der Waals surface area contributed by atoms with Crippen LogP contribution in [0.4, 0.5) is 0 Å². The van der Waals surface area contributed by atoms with Gasteiger partial charge in [-0.2, -0.15) is 0 Å². The van der Waals surface area contributed by atoms with Crippen molar-refractivity contribution < 1.29 is 112 Å². The summed E-state index contributed by atoms with van der Waals surface area (Å²) in [6.07, 6.45) is -6.67. The lowest BCUT2D eigenvalue weighted by Gasteiger charge is -2.31. The van der Waals surface area contributed by atoms with Gasteiger partial charge in [0, 0.05) is 25.8 Å². The Balaban J connectivity index is 7.15. The van der Waals surface area contributed by atoms with Crippen LogP contribution in [0.25, 0.3) is 0 Å². The molecule has 0 aromatic rings. The second-order valence-corrected chi connectivity index (χ2v) is 25.4. The van der Waals surface area contributed by atoms with Gasteiger partial charge in [-0.15, -0.1) is 0 Å². The topological polar surface area (TPSA) is 709 Å². The van der Waals surface area contributed by atoms with E-state index in [0.29, 0.717) is 6.42 Å². The number of hydrogen-bond acceptors (Lipinski definition) is 21. The molecule has 41 heteroatoms. The van der Waals surface area contributed by atoms with E-state index in [2.05, 4.69) is 63.5 Å². The monoisotopic (exact) mass is 1460 g/mol. The molecule has 0 fully saturated rings. The van der Waals surface area contributed by atoms with Crippen LogP contribution in [-0.2, 0) is 86.3 Å². The van der Waals surface area contributed by atoms with Crippen molar-refractivity contribution in [3.05, 3.63) is 0 Å². The normalized spacial score (nSPS) is 14.9. The molecule has 0 spiro atoms. The zero-order chi connectivity index (χ0) is 78.4. The highest BCUT2D eigenvalue weighted by Crippen LogP contribution is 2.16. The van der Waals surface area contributed by atoms with E-state index in [-0.39, 0.29) is 76.3 Å². The molecule has 0 aromatic carbocycles. The van der Waals surface area contributed by atoms with Crippen molar-refractivity contribution in [2.24, 2.45) is 63.1 Å². The molecule has 0 aliphatic heterocycles. The SMILES string of the molecule is CC[C@H](C)[C@H](NC(=O)[C@H](CCCN=C(N)N)NC(=O)[C@H](CCC(=O)O)NC(=O)[C@H](CC(=O)O)NC(=O)[C@H](CCC(=O)O)NC(=O)[C@@H](N)CCC(N)=O)C(=O)N[C@H](C(=O)N[C@@H](CC(C)C)C(=O)N[C@H](C(=O)N[C@@H](CC(=O)O)C(=O)N[C@@H](CC(N)=O)C(=O)N[C@@H](CCCCN)C(=O)O)C(C)C)C(C)C. The molecule has 41 nitrogen and oxygen atoms in total. The molecule has 0 unspecified atom stereocenters. The van der Waals surface area contributed by atoms with Crippen LogP contribution in [0.2, 0.25) is 0 Å². The third kappa shape index (κ3) is 36.6. The molecule has 0 saturated heterocycles. The first kappa shape index (κ1) is 91.6. The predicted octanol–water partition coefficient (Wildman–Crippen LogP) is -6.86. The van der Waals surface area contributed by atoms with Crippen molar-refractivity contribution >= 4 is 113 Å². The quantitative estimate of drug-likeness (QED) is 0.0153. The van der Waals surface area contributed by atoms with E-state index in [1.165, 1.54) is 27.7 Å². The molecule has 0 aliphatic carbocycles. The molecular weight excluding hydrogens is 1350 g/mol. The Hall–Kier alpha value is -10.3. The lowest BCUT2D eigenvalue weighted by Crippen LogP contribution is -2.62. The van der Waals surface area contributed by atoms with E-state index in [9.17, 15) is 112 Å². The Kier molecular flexibility index (Phi) is 42.1. The first-order chi connectivity index (χ1) is 47.5. The van der Waals surface area contributed by atoms with Crippen LogP contribution in [0.3, 0.4) is 0 Å². The van der Waals surface area contributed by atoms with Crippen LogP contribution >= 0.6 is 0 Å². The molecule has 0 aromatic heterocycles. The van der Waals surface area contributed by atoms with Crippen LogP contribution in [0.5, 0.6) is 0 Å². The van der Waals surface area contributed by atoms with Crippen LogP contribution in [-0.4, -0.2) is 224 Å². The third-order valence-electron chi connectivity index (χ3n) is 15.4. The highest BCUT2D eigenvalue weighted by atomic mass is 16.4. The second-order valence-electron chi connectivity index (χ2n) is 25.4. The fourth-order valence-electron chi connectivity index (χ4n) is 9.59. The van der Waals surface area contributed by atoms with Crippen molar-refractivity contribution in [2.45, 2.75) is 231 Å². The number of carboxylic acids is 5. The number of carbonyl (C=O) groups excluding carboxylic acids is 13. The Morgan fingerprint density at radius 2 is 0.716 bits per heavy atom. The summed E-state index contributed by atoms with van der Waals surface area (Å²) in [5, 5.41) is 73.9. The van der Waals surface area contributed by atoms with Gasteiger partial charge in [-0.05, 0) is 88.0 Å². The Bertz CT molecular complexity index is 2980. The first-order valence-electron chi connectivity index (χ1n) is 33.0. The first-order valence-corrected chi connectivity index (χ1v) is 33.0. The van der Waals surface area contributed by atoms with Gasteiger partial charge in [-0.25, -0.2) is 4.79 Å². The second kappa shape index (κ2) is 46.9. The Morgan fingerprint density at radius 1 is 0.363 bits per heavy atom. The maximum Gasteiger partial charge on any atom is 0.326 e. The van der Waals surface area contributed by atoms with E-state index >= 15 is 0 Å². The van der Waals surface area contributed by atoms with Gasteiger partial charge in [0.15, 0.2) is 5.96 Å². The average molecular weight is 1460 g/mol. The number of carbonyl (C=O) groups is 18. The fourth-order valence-corrected chi connectivity index (χ4v) is 9.59. The van der Waals surface area contributed by atoms with Gasteiger partial charge in [-0.1, -0.05) is 61.8 Å². The minimum absolute atomic E-state index is 0.0753. The number of unbranched alkanes of at least 4 members (excludes halogenated alkanes) is 1. The molecule has 0 saturated carbocycles. The highest BCUT2D eigenvalue weighted by molar-refractivity contribution is 6.01. The van der Waals surface area contributed by atoms with Gasteiger partial charge in [0.25, 0.3) is 0 Å².